The number of hydrogen-bond acceptors (Lipinski definition) is 7. The first-order valence-electron chi connectivity index (χ1n) is 13.1. The van der Waals surface area contributed by atoms with Gasteiger partial charge >= 0.3 is 0 Å². The van der Waals surface area contributed by atoms with Gasteiger partial charge in [0.15, 0.2) is 11.5 Å². The number of aliphatic hydroxyl groups is 1. The van der Waals surface area contributed by atoms with Gasteiger partial charge in [0.25, 0.3) is 11.7 Å². The predicted octanol–water partition coefficient (Wildman–Crippen LogP) is 4.67. The summed E-state index contributed by atoms with van der Waals surface area (Å²) in [6.07, 6.45) is 3.10. The molecule has 204 valence electrons. The zero-order valence-electron chi connectivity index (χ0n) is 22.0. The van der Waals surface area contributed by atoms with E-state index >= 15 is 0 Å². The van der Waals surface area contributed by atoms with Crippen LogP contribution in [0, 0.1) is 0 Å². The first-order chi connectivity index (χ1) is 18.4. The largest absolute Gasteiger partial charge is 0.507 e. The summed E-state index contributed by atoms with van der Waals surface area (Å²) in [5, 5.41) is 11.8. The van der Waals surface area contributed by atoms with Crippen LogP contribution in [-0.2, 0) is 14.3 Å². The number of methoxy groups -OCH3 is 1. The van der Waals surface area contributed by atoms with Gasteiger partial charge in [-0.1, -0.05) is 37.4 Å². The van der Waals surface area contributed by atoms with Gasteiger partial charge in [-0.25, -0.2) is 0 Å². The molecule has 2 aliphatic heterocycles. The van der Waals surface area contributed by atoms with E-state index in [2.05, 4.69) is 11.8 Å². The number of halogens is 1. The number of morpholine rings is 1. The molecule has 0 saturated carbocycles. The molecule has 4 rings (SSSR count). The van der Waals surface area contributed by atoms with Gasteiger partial charge in [-0.15, -0.1) is 0 Å². The van der Waals surface area contributed by atoms with Crippen molar-refractivity contribution in [1.29, 1.82) is 0 Å². The van der Waals surface area contributed by atoms with Crippen molar-refractivity contribution in [2.75, 3.05) is 53.1 Å². The summed E-state index contributed by atoms with van der Waals surface area (Å²) in [7, 11) is 1.56. The van der Waals surface area contributed by atoms with Crippen LogP contribution in [-0.4, -0.2) is 79.7 Å². The molecule has 0 bridgehead atoms. The van der Waals surface area contributed by atoms with Crippen LogP contribution in [0.3, 0.4) is 0 Å². The van der Waals surface area contributed by atoms with Crippen molar-refractivity contribution < 1.29 is 28.9 Å². The second-order valence-electron chi connectivity index (χ2n) is 9.42. The second-order valence-corrected chi connectivity index (χ2v) is 9.86. The van der Waals surface area contributed by atoms with Gasteiger partial charge in [-0.05, 0) is 48.4 Å². The van der Waals surface area contributed by atoms with Gasteiger partial charge in [0, 0.05) is 36.8 Å². The van der Waals surface area contributed by atoms with Crippen LogP contribution >= 0.6 is 11.6 Å². The standard InChI is InChI=1S/C29H35ClN2O6/c1-3-4-5-16-38-23-11-8-21(19-24(23)36-2)26-25(27(33)20-6-9-22(30)10-7-20)28(34)29(35)32(26)13-12-31-14-17-37-18-15-31/h6-11,19,26,33H,3-5,12-18H2,1-2H3/b27-25+. The van der Waals surface area contributed by atoms with Crippen molar-refractivity contribution >= 4 is 29.1 Å². The summed E-state index contributed by atoms with van der Waals surface area (Å²) in [5.74, 6) is -0.502. The lowest BCUT2D eigenvalue weighted by Gasteiger charge is -2.31. The highest BCUT2D eigenvalue weighted by Gasteiger charge is 2.46. The number of nitrogens with zero attached hydrogens (tertiary/aromatic N) is 2. The van der Waals surface area contributed by atoms with Gasteiger partial charge < -0.3 is 24.2 Å². The Hall–Kier alpha value is -3.07. The van der Waals surface area contributed by atoms with Crippen LogP contribution in [0.4, 0.5) is 0 Å². The van der Waals surface area contributed by atoms with Crippen LogP contribution in [0.25, 0.3) is 5.76 Å². The van der Waals surface area contributed by atoms with E-state index in [4.69, 9.17) is 25.8 Å². The minimum atomic E-state index is -0.783. The van der Waals surface area contributed by atoms with E-state index < -0.39 is 17.7 Å². The van der Waals surface area contributed by atoms with Crippen molar-refractivity contribution in [2.24, 2.45) is 0 Å². The van der Waals surface area contributed by atoms with E-state index in [1.165, 1.54) is 4.90 Å². The molecule has 0 aliphatic carbocycles. The molecule has 1 atom stereocenters. The molecular formula is C29H35ClN2O6. The van der Waals surface area contributed by atoms with Crippen LogP contribution in [0.1, 0.15) is 43.4 Å². The smallest absolute Gasteiger partial charge is 0.295 e. The Bertz CT molecular complexity index is 1160. The maximum Gasteiger partial charge on any atom is 0.295 e. The van der Waals surface area contributed by atoms with Gasteiger partial charge in [0.05, 0.1) is 38.5 Å². The summed E-state index contributed by atoms with van der Waals surface area (Å²) in [5.41, 5.74) is 1.10. The fourth-order valence-corrected chi connectivity index (χ4v) is 4.93. The molecule has 1 unspecified atom stereocenters. The van der Waals surface area contributed by atoms with Crippen LogP contribution in [0.5, 0.6) is 11.5 Å². The number of rotatable bonds is 11. The Morgan fingerprint density at radius 2 is 1.79 bits per heavy atom. The molecule has 1 amide bonds. The maximum absolute atomic E-state index is 13.3. The van der Waals surface area contributed by atoms with E-state index in [1.807, 2.05) is 6.07 Å². The van der Waals surface area contributed by atoms with Crippen LogP contribution in [0.15, 0.2) is 48.0 Å². The Kier molecular flexibility index (Phi) is 9.66. The van der Waals surface area contributed by atoms with Crippen molar-refractivity contribution in [3.63, 3.8) is 0 Å². The molecule has 9 heteroatoms. The number of ether oxygens (including phenoxy) is 3. The van der Waals surface area contributed by atoms with E-state index in [0.717, 1.165) is 32.4 Å². The molecule has 2 fully saturated rings. The number of likely N-dealkylation sites (tertiary alicyclic amines) is 1. The van der Waals surface area contributed by atoms with Crippen molar-refractivity contribution in [3.05, 3.63) is 64.2 Å². The number of benzene rings is 2. The fourth-order valence-electron chi connectivity index (χ4n) is 4.80. The Labute approximate surface area is 228 Å². The number of hydrogen-bond donors (Lipinski definition) is 1. The molecule has 2 aromatic rings. The summed E-state index contributed by atoms with van der Waals surface area (Å²) in [6, 6.07) is 11.1. The fraction of sp³-hybridized carbons (Fsp3) is 0.448. The van der Waals surface area contributed by atoms with E-state index in [0.29, 0.717) is 60.6 Å². The van der Waals surface area contributed by atoms with E-state index in [1.54, 1.807) is 43.5 Å². The van der Waals surface area contributed by atoms with Crippen LogP contribution in [0.2, 0.25) is 5.02 Å². The number of unbranched alkanes of at least 4 members (excludes halogenated alkanes) is 2. The highest BCUT2D eigenvalue weighted by molar-refractivity contribution is 6.46. The van der Waals surface area contributed by atoms with Crippen LogP contribution < -0.4 is 9.47 Å². The third-order valence-electron chi connectivity index (χ3n) is 6.93. The highest BCUT2D eigenvalue weighted by atomic mass is 35.5. The first kappa shape index (κ1) is 28.0. The normalized spacial score (nSPS) is 19.7. The van der Waals surface area contributed by atoms with Gasteiger partial charge in [-0.2, -0.15) is 0 Å². The molecule has 38 heavy (non-hydrogen) atoms. The number of aliphatic hydroxyl groups excluding tert-OH is 1. The summed E-state index contributed by atoms with van der Waals surface area (Å²) < 4.78 is 17.0. The lowest BCUT2D eigenvalue weighted by Crippen LogP contribution is -2.42. The van der Waals surface area contributed by atoms with Gasteiger partial charge in [0.1, 0.15) is 5.76 Å². The highest BCUT2D eigenvalue weighted by Crippen LogP contribution is 2.42. The molecular weight excluding hydrogens is 508 g/mol. The quantitative estimate of drug-likeness (QED) is 0.191. The third kappa shape index (κ3) is 6.31. The molecule has 0 radical (unpaired) electrons. The minimum Gasteiger partial charge on any atom is -0.507 e. The Morgan fingerprint density at radius 1 is 1.05 bits per heavy atom. The van der Waals surface area contributed by atoms with Crippen molar-refractivity contribution in [1.82, 2.24) is 9.80 Å². The molecule has 2 aliphatic rings. The van der Waals surface area contributed by atoms with Crippen molar-refractivity contribution in [3.8, 4) is 11.5 Å². The van der Waals surface area contributed by atoms with Gasteiger partial charge in [-0.3, -0.25) is 14.5 Å². The molecule has 2 saturated heterocycles. The topological polar surface area (TPSA) is 88.5 Å². The number of carbonyl (C=O) groups excluding carboxylic acids is 2. The lowest BCUT2D eigenvalue weighted by molar-refractivity contribution is -0.140. The molecule has 2 heterocycles. The molecule has 2 aromatic carbocycles. The first-order valence-corrected chi connectivity index (χ1v) is 13.5. The zero-order valence-corrected chi connectivity index (χ0v) is 22.7. The molecule has 0 aromatic heterocycles. The molecule has 0 spiro atoms. The number of carbonyl (C=O) groups is 2. The summed E-state index contributed by atoms with van der Waals surface area (Å²) in [6.45, 7) is 6.40. The van der Waals surface area contributed by atoms with E-state index in [9.17, 15) is 14.7 Å². The average molecular weight is 543 g/mol. The average Bonchev–Trinajstić information content (AvgIpc) is 3.19. The molecule has 1 N–H and O–H groups in total. The predicted molar refractivity (Wildman–Crippen MR) is 146 cm³/mol. The summed E-state index contributed by atoms with van der Waals surface area (Å²) >= 11 is 6.03. The number of amides is 1. The minimum absolute atomic E-state index is 0.0398. The monoisotopic (exact) mass is 542 g/mol. The van der Waals surface area contributed by atoms with E-state index in [-0.39, 0.29) is 11.3 Å². The number of ketones is 1. The maximum atomic E-state index is 13.3. The SMILES string of the molecule is CCCCCOc1ccc(C2/C(=C(\O)c3ccc(Cl)cc3)C(=O)C(=O)N2CCN2CCOCC2)cc1OC. The Balaban J connectivity index is 1.71. The van der Waals surface area contributed by atoms with Gasteiger partial charge in [0.2, 0.25) is 0 Å². The zero-order chi connectivity index (χ0) is 27.1. The second kappa shape index (κ2) is 13.1. The lowest BCUT2D eigenvalue weighted by atomic mass is 9.95. The third-order valence-corrected chi connectivity index (χ3v) is 7.18. The van der Waals surface area contributed by atoms with Crippen molar-refractivity contribution in [2.45, 2.75) is 32.2 Å². The number of Topliss-reactive ketones (excluding diaryl/α,β-unsaturated/α-hetero) is 1. The summed E-state index contributed by atoms with van der Waals surface area (Å²) in [4.78, 5) is 30.4. The molecule has 8 nitrogen and oxygen atoms in total. The Morgan fingerprint density at radius 3 is 2.47 bits per heavy atom.